The summed E-state index contributed by atoms with van der Waals surface area (Å²) in [6.07, 6.45) is 29.3. The summed E-state index contributed by atoms with van der Waals surface area (Å²) in [6.45, 7) is 5.19. The maximum Gasteiger partial charge on any atom is 0.332 e. The molecule has 2 unspecified atom stereocenters. The van der Waals surface area contributed by atoms with Gasteiger partial charge in [-0.1, -0.05) is 135 Å². The second kappa shape index (κ2) is 27.4. The van der Waals surface area contributed by atoms with Crippen LogP contribution in [0.4, 0.5) is 0 Å². The van der Waals surface area contributed by atoms with Gasteiger partial charge >= 0.3 is 11.4 Å². The number of nitrogens with zero attached hydrogens (tertiary/aromatic N) is 9. The quantitative estimate of drug-likeness (QED) is 0.0487. The van der Waals surface area contributed by atoms with Crippen molar-refractivity contribution in [2.75, 3.05) is 19.6 Å². The molecular weight excluding hydrogens is 787 g/mol. The van der Waals surface area contributed by atoms with E-state index >= 15 is 0 Å². The lowest BCUT2D eigenvalue weighted by Crippen LogP contribution is -2.39. The SMILES string of the molecule is CCCCCCCCCCCN(CC(O)CCCCCCCCCn1c(=O)c2c(ncn2C)n(C)c1=O)CC(O)CCCCCCCCCn1c(=O)c2c(ncn2C)n(C)c1=O. The molecule has 4 aromatic rings. The third kappa shape index (κ3) is 15.5. The largest absolute Gasteiger partial charge is 0.392 e. The van der Waals surface area contributed by atoms with Crippen LogP contribution in [0.25, 0.3) is 22.3 Å². The van der Waals surface area contributed by atoms with Crippen LogP contribution in [0.5, 0.6) is 0 Å². The van der Waals surface area contributed by atoms with Gasteiger partial charge < -0.3 is 19.3 Å². The zero-order valence-electron chi connectivity index (χ0n) is 39.1. The molecule has 0 amide bonds. The lowest BCUT2D eigenvalue weighted by atomic mass is 10.0. The van der Waals surface area contributed by atoms with Gasteiger partial charge in [0, 0.05) is 54.4 Å². The highest BCUT2D eigenvalue weighted by molar-refractivity contribution is 5.70. The summed E-state index contributed by atoms with van der Waals surface area (Å²) in [5, 5.41) is 22.1. The Hall–Kier alpha value is -3.82. The van der Waals surface area contributed by atoms with E-state index in [1.54, 1.807) is 50.0 Å². The highest BCUT2D eigenvalue weighted by Crippen LogP contribution is 2.16. The summed E-state index contributed by atoms with van der Waals surface area (Å²) in [5.74, 6) is 0. The lowest BCUT2D eigenvalue weighted by molar-refractivity contribution is 0.0596. The van der Waals surface area contributed by atoms with Crippen molar-refractivity contribution in [3.63, 3.8) is 0 Å². The fourth-order valence-corrected chi connectivity index (χ4v) is 8.94. The van der Waals surface area contributed by atoms with E-state index in [2.05, 4.69) is 21.8 Å². The van der Waals surface area contributed by atoms with E-state index in [1.165, 1.54) is 69.6 Å². The van der Waals surface area contributed by atoms with Crippen molar-refractivity contribution < 1.29 is 10.2 Å². The van der Waals surface area contributed by atoms with Crippen LogP contribution in [0.1, 0.15) is 167 Å². The summed E-state index contributed by atoms with van der Waals surface area (Å²) in [5.41, 5.74) is 0.553. The molecule has 2 atom stereocenters. The van der Waals surface area contributed by atoms with E-state index in [-0.39, 0.29) is 22.5 Å². The summed E-state index contributed by atoms with van der Waals surface area (Å²) in [6, 6.07) is 0. The third-order valence-electron chi connectivity index (χ3n) is 12.8. The van der Waals surface area contributed by atoms with Crippen molar-refractivity contribution in [1.29, 1.82) is 0 Å². The van der Waals surface area contributed by atoms with Gasteiger partial charge in [0.15, 0.2) is 22.3 Å². The second-order valence-corrected chi connectivity index (χ2v) is 18.1. The van der Waals surface area contributed by atoms with Gasteiger partial charge in [-0.25, -0.2) is 19.6 Å². The molecule has 15 heteroatoms. The van der Waals surface area contributed by atoms with Crippen molar-refractivity contribution in [2.24, 2.45) is 28.2 Å². The molecule has 0 saturated carbocycles. The number of aryl methyl sites for hydroxylation is 4. The fraction of sp³-hybridized carbons (Fsp3) is 0.787. The molecule has 0 aromatic carbocycles. The number of aromatic nitrogens is 8. The van der Waals surface area contributed by atoms with Crippen molar-refractivity contribution in [3.8, 4) is 0 Å². The molecule has 4 heterocycles. The van der Waals surface area contributed by atoms with Crippen molar-refractivity contribution in [3.05, 3.63) is 54.3 Å². The van der Waals surface area contributed by atoms with Gasteiger partial charge in [-0.2, -0.15) is 0 Å². The van der Waals surface area contributed by atoms with Crippen LogP contribution in [0.3, 0.4) is 0 Å². The van der Waals surface area contributed by atoms with Gasteiger partial charge in [0.2, 0.25) is 0 Å². The van der Waals surface area contributed by atoms with Crippen LogP contribution in [0.15, 0.2) is 31.8 Å². The Morgan fingerprint density at radius 1 is 0.500 bits per heavy atom. The molecule has 0 saturated heterocycles. The van der Waals surface area contributed by atoms with Crippen LogP contribution in [-0.2, 0) is 41.3 Å². The summed E-state index contributed by atoms with van der Waals surface area (Å²) < 4.78 is 8.91. The van der Waals surface area contributed by atoms with Gasteiger partial charge in [0.05, 0.1) is 24.9 Å². The monoisotopic (exact) mass is 868 g/mol. The number of hydrogen-bond donors (Lipinski definition) is 2. The molecule has 4 rings (SSSR count). The minimum atomic E-state index is -0.404. The van der Waals surface area contributed by atoms with E-state index in [9.17, 15) is 29.4 Å². The van der Waals surface area contributed by atoms with E-state index in [0.717, 1.165) is 116 Å². The Bertz CT molecular complexity index is 2000. The molecule has 350 valence electrons. The van der Waals surface area contributed by atoms with Crippen LogP contribution >= 0.6 is 0 Å². The summed E-state index contributed by atoms with van der Waals surface area (Å²) in [4.78, 5) is 62.1. The minimum Gasteiger partial charge on any atom is -0.392 e. The van der Waals surface area contributed by atoms with E-state index in [0.29, 0.717) is 48.5 Å². The number of hydrogen-bond acceptors (Lipinski definition) is 9. The molecule has 0 fully saturated rings. The number of imidazole rings is 2. The van der Waals surface area contributed by atoms with Crippen molar-refractivity contribution >= 4 is 22.3 Å². The van der Waals surface area contributed by atoms with Crippen LogP contribution < -0.4 is 22.5 Å². The first-order chi connectivity index (χ1) is 30.0. The zero-order valence-corrected chi connectivity index (χ0v) is 39.1. The predicted octanol–water partition coefficient (Wildman–Crippen LogP) is 6.68. The molecule has 0 aliphatic heterocycles. The molecule has 15 nitrogen and oxygen atoms in total. The second-order valence-electron chi connectivity index (χ2n) is 18.1. The predicted molar refractivity (Wildman–Crippen MR) is 250 cm³/mol. The molecule has 2 N–H and O–H groups in total. The smallest absolute Gasteiger partial charge is 0.332 e. The van der Waals surface area contributed by atoms with E-state index in [4.69, 9.17) is 0 Å². The Morgan fingerprint density at radius 2 is 0.839 bits per heavy atom. The number of unbranched alkanes of at least 4 members (excludes halogenated alkanes) is 20. The van der Waals surface area contributed by atoms with Gasteiger partial charge in [0.25, 0.3) is 11.1 Å². The summed E-state index contributed by atoms with van der Waals surface area (Å²) >= 11 is 0. The first-order valence-electron chi connectivity index (χ1n) is 24.3. The Balaban J connectivity index is 1.08. The average molecular weight is 868 g/mol. The number of fused-ring (bicyclic) bond motifs is 2. The molecule has 0 aliphatic carbocycles. The van der Waals surface area contributed by atoms with E-state index in [1.807, 2.05) is 0 Å². The van der Waals surface area contributed by atoms with Gasteiger partial charge in [0.1, 0.15) is 0 Å². The Morgan fingerprint density at radius 3 is 1.23 bits per heavy atom. The van der Waals surface area contributed by atoms with Gasteiger partial charge in [-0.3, -0.25) is 32.8 Å². The highest BCUT2D eigenvalue weighted by Gasteiger charge is 2.18. The van der Waals surface area contributed by atoms with Gasteiger partial charge in [-0.05, 0) is 38.6 Å². The zero-order chi connectivity index (χ0) is 44.9. The Kier molecular flexibility index (Phi) is 22.4. The van der Waals surface area contributed by atoms with Crippen LogP contribution in [0.2, 0.25) is 0 Å². The molecular formula is C47H81N9O6. The van der Waals surface area contributed by atoms with Crippen LogP contribution in [-0.4, -0.2) is 84.3 Å². The van der Waals surface area contributed by atoms with Crippen molar-refractivity contribution in [2.45, 2.75) is 193 Å². The van der Waals surface area contributed by atoms with E-state index < -0.39 is 12.2 Å². The van der Waals surface area contributed by atoms with Gasteiger partial charge in [-0.15, -0.1) is 0 Å². The number of aliphatic hydroxyl groups excluding tert-OH is 2. The molecule has 0 aliphatic rings. The first kappa shape index (κ1) is 50.8. The highest BCUT2D eigenvalue weighted by atomic mass is 16.3. The average Bonchev–Trinajstić information content (AvgIpc) is 3.84. The standard InChI is InChI=1S/C47H81N9O6/c1-6-7-8-9-10-11-16-21-26-31-54(34-38(57)29-24-19-14-12-17-22-27-32-55-44(59)40-42(48-36-50(40)2)52(4)46(55)61)35-39(58)30-25-20-15-13-18-23-28-33-56-45(60)41-43(49-37-51(41)3)53(5)47(56)62/h36-39,57-58H,6-35H2,1-5H3. The Labute approximate surface area is 368 Å². The number of rotatable bonds is 34. The summed E-state index contributed by atoms with van der Waals surface area (Å²) in [7, 11) is 6.86. The first-order valence-corrected chi connectivity index (χ1v) is 24.3. The third-order valence-corrected chi connectivity index (χ3v) is 12.8. The topological polar surface area (TPSA) is 167 Å². The van der Waals surface area contributed by atoms with Crippen molar-refractivity contribution in [1.82, 2.24) is 42.3 Å². The maximum absolute atomic E-state index is 12.9. The lowest BCUT2D eigenvalue weighted by Gasteiger charge is -2.27. The molecule has 0 bridgehead atoms. The van der Waals surface area contributed by atoms with Crippen LogP contribution in [0, 0.1) is 0 Å². The molecule has 4 aromatic heterocycles. The minimum absolute atomic E-state index is 0.275. The molecule has 62 heavy (non-hydrogen) atoms. The molecule has 0 spiro atoms. The number of aliphatic hydroxyl groups is 2. The fourth-order valence-electron chi connectivity index (χ4n) is 8.94. The normalized spacial score (nSPS) is 13.0. The maximum atomic E-state index is 12.9. The molecule has 0 radical (unpaired) electrons.